The highest BCUT2D eigenvalue weighted by atomic mass is 35.5. The van der Waals surface area contributed by atoms with Crippen molar-refractivity contribution in [2.75, 3.05) is 50.0 Å². The molecule has 0 saturated carbocycles. The molecule has 13 heteroatoms. The third kappa shape index (κ3) is 4.53. The van der Waals surface area contributed by atoms with Gasteiger partial charge in [-0.15, -0.1) is 11.3 Å². The van der Waals surface area contributed by atoms with Gasteiger partial charge in [0.2, 0.25) is 0 Å². The summed E-state index contributed by atoms with van der Waals surface area (Å²) in [6.07, 6.45) is 4.21. The lowest BCUT2D eigenvalue weighted by atomic mass is 9.79. The minimum Gasteiger partial charge on any atom is -0.461 e. The van der Waals surface area contributed by atoms with Gasteiger partial charge in [0.05, 0.1) is 20.8 Å². The van der Waals surface area contributed by atoms with Crippen molar-refractivity contribution in [1.82, 2.24) is 20.2 Å². The summed E-state index contributed by atoms with van der Waals surface area (Å²) in [7, 11) is 0. The second-order valence-electron chi connectivity index (χ2n) is 12.8. The number of nitriles is 1. The number of nitrogens with two attached hydrogens (primary N) is 1. The van der Waals surface area contributed by atoms with Crippen LogP contribution < -0.4 is 20.7 Å². The smallest absolute Gasteiger partial charge is 0.319 e. The maximum absolute atomic E-state index is 16.9. The molecular weight excluding hydrogens is 623 g/mol. The average molecular weight is 654 g/mol. The second-order valence-corrected chi connectivity index (χ2v) is 14.3. The molecule has 8 nitrogen and oxygen atoms in total. The highest BCUT2D eigenvalue weighted by Crippen LogP contribution is 2.46. The summed E-state index contributed by atoms with van der Waals surface area (Å²) >= 11 is 7.77. The number of hydrogen-bond acceptors (Lipinski definition) is 9. The van der Waals surface area contributed by atoms with Gasteiger partial charge in [-0.05, 0) is 62.9 Å². The topological polar surface area (TPSA) is 103 Å². The Hall–Kier alpha value is -3.37. The van der Waals surface area contributed by atoms with Crippen molar-refractivity contribution in [1.29, 1.82) is 5.26 Å². The predicted molar refractivity (Wildman–Crippen MR) is 170 cm³/mol. The van der Waals surface area contributed by atoms with Gasteiger partial charge in [0.15, 0.2) is 5.82 Å². The van der Waals surface area contributed by atoms with Crippen LogP contribution in [0.15, 0.2) is 18.2 Å². The lowest BCUT2D eigenvalue weighted by Gasteiger charge is -2.49. The van der Waals surface area contributed by atoms with Crippen molar-refractivity contribution in [3.8, 4) is 23.2 Å². The maximum Gasteiger partial charge on any atom is 0.319 e. The number of ether oxygens (including phenoxy) is 1. The monoisotopic (exact) mass is 653 g/mol. The van der Waals surface area contributed by atoms with Gasteiger partial charge in [0.25, 0.3) is 0 Å². The molecule has 2 aromatic heterocycles. The van der Waals surface area contributed by atoms with Gasteiger partial charge in [-0.1, -0.05) is 17.7 Å². The third-order valence-electron chi connectivity index (χ3n) is 10.4. The number of hydrogen-bond donors (Lipinski definition) is 2. The fourth-order valence-corrected chi connectivity index (χ4v) is 9.16. The van der Waals surface area contributed by atoms with Crippen molar-refractivity contribution in [3.63, 3.8) is 0 Å². The number of nitrogens with one attached hydrogen (secondary N) is 1. The molecule has 4 saturated heterocycles. The number of halogens is 4. The molecule has 8 rings (SSSR count). The molecule has 4 fully saturated rings. The van der Waals surface area contributed by atoms with Crippen LogP contribution >= 0.6 is 22.9 Å². The summed E-state index contributed by atoms with van der Waals surface area (Å²) < 4.78 is 52.6. The van der Waals surface area contributed by atoms with Crippen LogP contribution in [-0.2, 0) is 0 Å². The molecule has 3 N–H and O–H groups in total. The summed E-state index contributed by atoms with van der Waals surface area (Å²) in [5, 5.41) is 14.3. The predicted octanol–water partition coefficient (Wildman–Crippen LogP) is 6.18. The van der Waals surface area contributed by atoms with Gasteiger partial charge in [0, 0.05) is 47.9 Å². The van der Waals surface area contributed by atoms with Crippen LogP contribution in [0.5, 0.6) is 6.01 Å². The van der Waals surface area contributed by atoms with Crippen LogP contribution in [0, 0.1) is 23.0 Å². The van der Waals surface area contributed by atoms with Gasteiger partial charge in [-0.2, -0.15) is 15.2 Å². The Kier molecular flexibility index (Phi) is 6.84. The first-order chi connectivity index (χ1) is 21.7. The van der Waals surface area contributed by atoms with E-state index in [0.29, 0.717) is 37.3 Å². The molecule has 0 unspecified atom stereocenters. The van der Waals surface area contributed by atoms with Gasteiger partial charge in [-0.3, -0.25) is 4.90 Å². The lowest BCUT2D eigenvalue weighted by molar-refractivity contribution is 0.107. The first-order valence-electron chi connectivity index (χ1n) is 15.3. The average Bonchev–Trinajstić information content (AvgIpc) is 3.65. The Bertz CT molecular complexity index is 1900. The van der Waals surface area contributed by atoms with Crippen LogP contribution in [0.25, 0.3) is 32.1 Å². The van der Waals surface area contributed by atoms with E-state index < -0.39 is 23.3 Å². The molecule has 0 aliphatic carbocycles. The van der Waals surface area contributed by atoms with E-state index in [1.807, 2.05) is 6.07 Å². The molecule has 4 aliphatic heterocycles. The number of fused-ring (bicyclic) bond motifs is 3. The summed E-state index contributed by atoms with van der Waals surface area (Å²) in [6, 6.07) is 6.32. The molecule has 45 heavy (non-hydrogen) atoms. The highest BCUT2D eigenvalue weighted by Gasteiger charge is 2.49. The van der Waals surface area contributed by atoms with Gasteiger partial charge < -0.3 is 20.7 Å². The van der Waals surface area contributed by atoms with Crippen LogP contribution in [0.2, 0.25) is 5.02 Å². The normalized spacial score (nSPS) is 24.3. The molecular formula is C32H31ClF3N7OS. The van der Waals surface area contributed by atoms with E-state index in [1.165, 1.54) is 12.1 Å². The molecule has 2 aromatic carbocycles. The number of nitrogen functional groups attached to an aromatic ring is 1. The zero-order chi connectivity index (χ0) is 31.1. The third-order valence-corrected chi connectivity index (χ3v) is 11.7. The van der Waals surface area contributed by atoms with Gasteiger partial charge in [0.1, 0.15) is 41.0 Å². The molecule has 0 radical (unpaired) electrons. The number of benzene rings is 2. The maximum atomic E-state index is 16.9. The van der Waals surface area contributed by atoms with E-state index in [2.05, 4.69) is 20.1 Å². The van der Waals surface area contributed by atoms with Crippen molar-refractivity contribution < 1.29 is 17.9 Å². The summed E-state index contributed by atoms with van der Waals surface area (Å²) in [5.41, 5.74) is 6.09. The molecule has 1 spiro atoms. The number of thiophene rings is 1. The molecule has 4 aliphatic rings. The number of aromatic nitrogens is 2. The first kappa shape index (κ1) is 29.1. The zero-order valence-corrected chi connectivity index (χ0v) is 26.0. The van der Waals surface area contributed by atoms with E-state index in [0.717, 1.165) is 56.5 Å². The second kappa shape index (κ2) is 10.6. The van der Waals surface area contributed by atoms with Crippen molar-refractivity contribution >= 4 is 54.7 Å². The molecule has 0 bridgehead atoms. The van der Waals surface area contributed by atoms with E-state index >= 15 is 4.39 Å². The first-order valence-corrected chi connectivity index (χ1v) is 16.5. The van der Waals surface area contributed by atoms with Crippen LogP contribution in [-0.4, -0.2) is 71.4 Å². The molecule has 2 atom stereocenters. The Labute approximate surface area is 266 Å². The highest BCUT2D eigenvalue weighted by molar-refractivity contribution is 7.23. The van der Waals surface area contributed by atoms with Crippen molar-refractivity contribution in [3.05, 3.63) is 40.4 Å². The molecule has 6 heterocycles. The standard InChI is InChI=1S/C32H31ClF3N7OS/c33-21-12-19-26(25(36)24(21)18-2-3-22(35)27-23(18)20(14-37)28(38)45-27)40-30(44-16-32-4-1-9-43(32)15-17(34)13-32)41-29(19)42-10-6-31(7-11-42)5-8-39-31/h2-3,12,17,39H,1,4-11,13,15-16,38H2/t17-,32+/m1/s1. The Morgan fingerprint density at radius 1 is 1.18 bits per heavy atom. The van der Waals surface area contributed by atoms with Crippen molar-refractivity contribution in [2.45, 2.75) is 55.8 Å². The van der Waals surface area contributed by atoms with Crippen molar-refractivity contribution in [2.24, 2.45) is 0 Å². The zero-order valence-electron chi connectivity index (χ0n) is 24.4. The van der Waals surface area contributed by atoms with Crippen LogP contribution in [0.1, 0.15) is 44.1 Å². The molecule has 4 aromatic rings. The molecule has 0 amide bonds. The van der Waals surface area contributed by atoms with Gasteiger partial charge >= 0.3 is 6.01 Å². The number of piperidine rings is 1. The number of anilines is 2. The molecule has 234 valence electrons. The largest absolute Gasteiger partial charge is 0.461 e. The van der Waals surface area contributed by atoms with E-state index in [1.54, 1.807) is 6.07 Å². The Morgan fingerprint density at radius 3 is 2.71 bits per heavy atom. The minimum absolute atomic E-state index is 0.00575. The number of nitrogens with zero attached hydrogens (tertiary/aromatic N) is 5. The Morgan fingerprint density at radius 2 is 1.98 bits per heavy atom. The quantitative estimate of drug-likeness (QED) is 0.263. The summed E-state index contributed by atoms with van der Waals surface area (Å²) in [4.78, 5) is 13.6. The van der Waals surface area contributed by atoms with Crippen LogP contribution in [0.4, 0.5) is 24.0 Å². The summed E-state index contributed by atoms with van der Waals surface area (Å²) in [6.45, 7) is 3.83. The fraction of sp³-hybridized carbons (Fsp3) is 0.469. The number of rotatable bonds is 5. The van der Waals surface area contributed by atoms with Gasteiger partial charge in [-0.25, -0.2) is 13.2 Å². The summed E-state index contributed by atoms with van der Waals surface area (Å²) in [5.74, 6) is -0.767. The van der Waals surface area contributed by atoms with E-state index in [-0.39, 0.29) is 60.5 Å². The van der Waals surface area contributed by atoms with E-state index in [9.17, 15) is 14.0 Å². The lowest BCUT2D eigenvalue weighted by Crippen LogP contribution is -2.62. The number of alkyl halides is 1. The van der Waals surface area contributed by atoms with Crippen LogP contribution in [0.3, 0.4) is 0 Å². The van der Waals surface area contributed by atoms with E-state index in [4.69, 9.17) is 27.1 Å². The fourth-order valence-electron chi connectivity index (χ4n) is 7.92. The SMILES string of the molecule is N#Cc1c(N)sc2c(F)ccc(-c3c(Cl)cc4c(N5CCC6(CCN6)CC5)nc(OC[C@@]56CCCN5C[C@H](F)C6)nc4c3F)c12. The minimum atomic E-state index is -0.915. The Balaban J connectivity index is 1.26.